The molecule has 0 saturated heterocycles. The largest absolute Gasteiger partial charge is 0.507 e. The summed E-state index contributed by atoms with van der Waals surface area (Å²) < 4.78 is 0. The second-order valence-electron chi connectivity index (χ2n) is 6.11. The van der Waals surface area contributed by atoms with Crippen LogP contribution in [0.2, 0.25) is 0 Å². The highest BCUT2D eigenvalue weighted by Crippen LogP contribution is 2.38. The second-order valence-corrected chi connectivity index (χ2v) is 6.11. The lowest BCUT2D eigenvalue weighted by Crippen LogP contribution is -2.21. The Bertz CT molecular complexity index is 1060. The Hall–Kier alpha value is -3.40. The maximum Gasteiger partial charge on any atom is 0.237 e. The highest BCUT2D eigenvalue weighted by molar-refractivity contribution is 6.51. The quantitative estimate of drug-likeness (QED) is 0.696. The lowest BCUT2D eigenvalue weighted by atomic mass is 9.89. The normalized spacial score (nSPS) is 13.6. The van der Waals surface area contributed by atoms with E-state index in [1.165, 1.54) is 6.08 Å². The van der Waals surface area contributed by atoms with Gasteiger partial charge < -0.3 is 10.4 Å². The van der Waals surface area contributed by atoms with Crippen LogP contribution in [0.4, 0.5) is 5.69 Å². The van der Waals surface area contributed by atoms with Crippen LogP contribution < -0.4 is 5.32 Å². The molecule has 0 heterocycles. The van der Waals surface area contributed by atoms with Gasteiger partial charge in [-0.3, -0.25) is 9.59 Å². The number of aryl methyl sites for hydroxylation is 1. The number of allylic oxidation sites excluding steroid dienone is 1. The predicted octanol–water partition coefficient (Wildman–Crippen LogP) is 4.07. The molecular formula is C21H15NO3. The molecule has 4 nitrogen and oxygen atoms in total. The Morgan fingerprint density at radius 1 is 0.960 bits per heavy atom. The molecule has 0 atom stereocenters. The number of hydrogen-bond donors (Lipinski definition) is 2. The van der Waals surface area contributed by atoms with Crippen LogP contribution in [0.5, 0.6) is 5.75 Å². The number of phenols is 1. The lowest BCUT2D eigenvalue weighted by molar-refractivity contribution is -0.111. The van der Waals surface area contributed by atoms with Crippen molar-refractivity contribution in [2.45, 2.75) is 6.92 Å². The van der Waals surface area contributed by atoms with E-state index in [0.717, 1.165) is 16.6 Å². The molecule has 0 aromatic heterocycles. The Labute approximate surface area is 144 Å². The first-order chi connectivity index (χ1) is 12.0. The van der Waals surface area contributed by atoms with E-state index in [9.17, 15) is 14.7 Å². The van der Waals surface area contributed by atoms with Crippen molar-refractivity contribution in [3.05, 3.63) is 77.4 Å². The van der Waals surface area contributed by atoms with E-state index >= 15 is 0 Å². The van der Waals surface area contributed by atoms with Gasteiger partial charge in [0, 0.05) is 22.7 Å². The summed E-state index contributed by atoms with van der Waals surface area (Å²) in [6.07, 6.45) is 1.29. The maximum atomic E-state index is 12.3. The molecule has 0 radical (unpaired) electrons. The molecule has 0 spiro atoms. The first-order valence-electron chi connectivity index (χ1n) is 7.94. The third kappa shape index (κ3) is 2.48. The van der Waals surface area contributed by atoms with Crippen molar-refractivity contribution < 1.29 is 14.7 Å². The highest BCUT2D eigenvalue weighted by Gasteiger charge is 2.30. The third-order valence-corrected chi connectivity index (χ3v) is 4.37. The van der Waals surface area contributed by atoms with Gasteiger partial charge in [0.05, 0.1) is 11.3 Å². The van der Waals surface area contributed by atoms with Crippen molar-refractivity contribution in [1.29, 1.82) is 0 Å². The Balaban J connectivity index is 1.90. The van der Waals surface area contributed by atoms with Crippen LogP contribution in [0.15, 0.2) is 60.7 Å². The molecule has 1 aliphatic carbocycles. The van der Waals surface area contributed by atoms with Crippen molar-refractivity contribution >= 4 is 33.7 Å². The molecule has 0 bridgehead atoms. The molecule has 1 aliphatic rings. The third-order valence-electron chi connectivity index (χ3n) is 4.37. The van der Waals surface area contributed by atoms with Crippen LogP contribution in [0.3, 0.4) is 0 Å². The maximum absolute atomic E-state index is 12.3. The van der Waals surface area contributed by atoms with Gasteiger partial charge in [-0.05, 0) is 30.5 Å². The van der Waals surface area contributed by atoms with Gasteiger partial charge in [0.2, 0.25) is 11.6 Å². The van der Waals surface area contributed by atoms with Gasteiger partial charge in [-0.25, -0.2) is 0 Å². The minimum atomic E-state index is -0.687. The zero-order valence-corrected chi connectivity index (χ0v) is 13.5. The van der Waals surface area contributed by atoms with Crippen molar-refractivity contribution in [2.24, 2.45) is 0 Å². The van der Waals surface area contributed by atoms with Crippen molar-refractivity contribution in [3.63, 3.8) is 0 Å². The summed E-state index contributed by atoms with van der Waals surface area (Å²) in [4.78, 5) is 24.5. The number of Topliss-reactive ketones (excluding diaryl/α,β-unsaturated/α-hetero) is 1. The minimum Gasteiger partial charge on any atom is -0.507 e. The first-order valence-corrected chi connectivity index (χ1v) is 7.94. The number of aromatic hydroxyl groups is 1. The summed E-state index contributed by atoms with van der Waals surface area (Å²) in [7, 11) is 0. The molecule has 0 aliphatic heterocycles. The molecule has 0 unspecified atom stereocenters. The van der Waals surface area contributed by atoms with Crippen LogP contribution in [-0.2, 0) is 4.79 Å². The Morgan fingerprint density at radius 2 is 1.68 bits per heavy atom. The number of carbonyl (C=O) groups is 2. The molecule has 0 amide bonds. The summed E-state index contributed by atoms with van der Waals surface area (Å²) in [5, 5.41) is 15.1. The van der Waals surface area contributed by atoms with Gasteiger partial charge in [0.1, 0.15) is 5.75 Å². The van der Waals surface area contributed by atoms with Crippen LogP contribution >= 0.6 is 0 Å². The number of anilines is 1. The highest BCUT2D eigenvalue weighted by atomic mass is 16.3. The fourth-order valence-electron chi connectivity index (χ4n) is 3.06. The van der Waals surface area contributed by atoms with Crippen LogP contribution in [0.25, 0.3) is 16.5 Å². The summed E-state index contributed by atoms with van der Waals surface area (Å²) in [6.45, 7) is 1.99. The van der Waals surface area contributed by atoms with Crippen molar-refractivity contribution in [1.82, 2.24) is 0 Å². The number of benzene rings is 3. The fourth-order valence-corrected chi connectivity index (χ4v) is 3.06. The summed E-state index contributed by atoms with van der Waals surface area (Å²) in [5.41, 5.74) is 3.02. The molecule has 4 rings (SSSR count). The van der Waals surface area contributed by atoms with Crippen molar-refractivity contribution in [3.8, 4) is 5.75 Å². The average molecular weight is 329 g/mol. The van der Waals surface area contributed by atoms with Gasteiger partial charge in [-0.15, -0.1) is 0 Å². The topological polar surface area (TPSA) is 66.4 Å². The summed E-state index contributed by atoms with van der Waals surface area (Å²) in [5.74, 6) is -1.48. The van der Waals surface area contributed by atoms with Gasteiger partial charge in [0.25, 0.3) is 0 Å². The molecule has 4 heteroatoms. The van der Waals surface area contributed by atoms with E-state index in [1.807, 2.05) is 49.4 Å². The van der Waals surface area contributed by atoms with Gasteiger partial charge in [-0.1, -0.05) is 42.0 Å². The zero-order valence-electron chi connectivity index (χ0n) is 13.5. The summed E-state index contributed by atoms with van der Waals surface area (Å²) in [6, 6.07) is 16.8. The molecule has 2 N–H and O–H groups in total. The fraction of sp³-hybridized carbons (Fsp3) is 0.0476. The number of phenolic OH excluding ortho intramolecular Hbond substituents is 1. The lowest BCUT2D eigenvalue weighted by Gasteiger charge is -2.20. The first kappa shape index (κ1) is 15.1. The second kappa shape index (κ2) is 5.60. The van der Waals surface area contributed by atoms with Crippen LogP contribution in [0, 0.1) is 6.92 Å². The van der Waals surface area contributed by atoms with E-state index in [-0.39, 0.29) is 11.3 Å². The van der Waals surface area contributed by atoms with E-state index in [0.29, 0.717) is 16.6 Å². The zero-order chi connectivity index (χ0) is 17.6. The number of rotatable bonds is 2. The number of ketones is 2. The smallest absolute Gasteiger partial charge is 0.237 e. The molecule has 25 heavy (non-hydrogen) atoms. The average Bonchev–Trinajstić information content (AvgIpc) is 2.61. The van der Waals surface area contributed by atoms with E-state index < -0.39 is 11.6 Å². The molecule has 3 aromatic rings. The van der Waals surface area contributed by atoms with Crippen molar-refractivity contribution in [2.75, 3.05) is 5.32 Å². The Morgan fingerprint density at radius 3 is 2.44 bits per heavy atom. The molecule has 3 aromatic carbocycles. The van der Waals surface area contributed by atoms with Gasteiger partial charge >= 0.3 is 0 Å². The van der Waals surface area contributed by atoms with Gasteiger partial charge in [-0.2, -0.15) is 0 Å². The van der Waals surface area contributed by atoms with E-state index in [1.54, 1.807) is 12.1 Å². The van der Waals surface area contributed by atoms with E-state index in [4.69, 9.17) is 0 Å². The van der Waals surface area contributed by atoms with Crippen LogP contribution in [-0.4, -0.2) is 16.7 Å². The van der Waals surface area contributed by atoms with E-state index in [2.05, 4.69) is 5.32 Å². The Kier molecular flexibility index (Phi) is 3.39. The molecule has 122 valence electrons. The summed E-state index contributed by atoms with van der Waals surface area (Å²) >= 11 is 0. The monoisotopic (exact) mass is 329 g/mol. The molecule has 0 fully saturated rings. The van der Waals surface area contributed by atoms with Gasteiger partial charge in [0.15, 0.2) is 0 Å². The number of nitrogens with one attached hydrogen (secondary N) is 1. The minimum absolute atomic E-state index is 0.0563. The number of fused-ring (bicyclic) bond motifs is 2. The predicted molar refractivity (Wildman–Crippen MR) is 97.7 cm³/mol. The van der Waals surface area contributed by atoms with Crippen LogP contribution in [0.1, 0.15) is 21.5 Å². The molecule has 0 saturated carbocycles. The molecular weight excluding hydrogens is 314 g/mol. The number of hydrogen-bond acceptors (Lipinski definition) is 4. The number of carbonyl (C=O) groups excluding carboxylic acids is 2. The SMILES string of the molecule is Cc1ccc(NC2=CC(=O)C(=O)c3c2cc2ccccc2c3O)cc1. The standard InChI is InChI=1S/C21H15NO3/c1-12-6-8-14(9-7-12)22-17-11-18(23)21(25)19-16(17)10-13-4-2-3-5-15(13)20(19)24/h2-11,22,24H,1H3.